The molecule has 25 heavy (non-hydrogen) atoms. The quantitative estimate of drug-likeness (QED) is 0.480. The van der Waals surface area contributed by atoms with Crippen molar-refractivity contribution in [2.75, 3.05) is 5.32 Å². The molecule has 1 aromatic carbocycles. The molecule has 0 saturated heterocycles. The van der Waals surface area contributed by atoms with Crippen LogP contribution in [0.15, 0.2) is 42.6 Å². The Balaban J connectivity index is 1.94. The zero-order valence-electron chi connectivity index (χ0n) is 13.1. The normalized spacial score (nSPS) is 11.4. The van der Waals surface area contributed by atoms with E-state index in [-0.39, 0.29) is 23.5 Å². The highest BCUT2D eigenvalue weighted by molar-refractivity contribution is 6.30. The van der Waals surface area contributed by atoms with E-state index in [1.165, 1.54) is 37.4 Å². The van der Waals surface area contributed by atoms with Crippen LogP contribution in [0, 0.1) is 10.1 Å². The van der Waals surface area contributed by atoms with E-state index in [2.05, 4.69) is 10.3 Å². The van der Waals surface area contributed by atoms with Crippen LogP contribution in [0.5, 0.6) is 0 Å². The predicted molar refractivity (Wildman–Crippen MR) is 90.2 cm³/mol. The van der Waals surface area contributed by atoms with E-state index in [1.807, 2.05) is 0 Å². The Morgan fingerprint density at radius 2 is 2.04 bits per heavy atom. The fourth-order valence-corrected chi connectivity index (χ4v) is 2.08. The molecular weight excluding hydrogens is 350 g/mol. The van der Waals surface area contributed by atoms with E-state index >= 15 is 0 Å². The molecule has 0 aliphatic heterocycles. The predicted octanol–water partition coefficient (Wildman–Crippen LogP) is 2.76. The minimum Gasteiger partial charge on any atom is -0.452 e. The lowest BCUT2D eigenvalue weighted by atomic mass is 10.1. The summed E-state index contributed by atoms with van der Waals surface area (Å²) in [5, 5.41) is 13.8. The van der Waals surface area contributed by atoms with E-state index in [1.54, 1.807) is 12.1 Å². The number of carbonyl (C=O) groups excluding carboxylic acids is 2. The van der Waals surface area contributed by atoms with Crippen LogP contribution in [0.25, 0.3) is 0 Å². The molecule has 0 aliphatic carbocycles. The largest absolute Gasteiger partial charge is 0.452 e. The molecule has 1 N–H and O–H groups in total. The smallest absolute Gasteiger partial charge is 0.311 e. The summed E-state index contributed by atoms with van der Waals surface area (Å²) in [5.74, 6) is -1.07. The highest BCUT2D eigenvalue weighted by atomic mass is 35.5. The van der Waals surface area contributed by atoms with E-state index in [4.69, 9.17) is 16.3 Å². The summed E-state index contributed by atoms with van der Waals surface area (Å²) in [6.45, 7) is 1.39. The van der Waals surface area contributed by atoms with Crippen molar-refractivity contribution >= 4 is 35.0 Å². The summed E-state index contributed by atoms with van der Waals surface area (Å²) in [7, 11) is 0. The molecule has 1 aromatic heterocycles. The third-order valence-corrected chi connectivity index (χ3v) is 3.40. The summed E-state index contributed by atoms with van der Waals surface area (Å²) >= 11 is 5.70. The van der Waals surface area contributed by atoms with Crippen LogP contribution in [0.2, 0.25) is 5.02 Å². The molecule has 9 heteroatoms. The average Bonchev–Trinajstić information content (AvgIpc) is 2.57. The van der Waals surface area contributed by atoms with Gasteiger partial charge in [0.15, 0.2) is 6.10 Å². The van der Waals surface area contributed by atoms with Gasteiger partial charge in [0.05, 0.1) is 16.4 Å². The number of esters is 1. The van der Waals surface area contributed by atoms with Gasteiger partial charge in [-0.05, 0) is 19.1 Å². The van der Waals surface area contributed by atoms with Gasteiger partial charge in [-0.3, -0.25) is 19.7 Å². The minimum absolute atomic E-state index is 0.179. The molecule has 130 valence electrons. The SMILES string of the molecule is C[C@H](OC(=O)Cc1ccccc1[N+](=O)[O-])C(=O)Nc1ccc(Cl)cn1. The number of para-hydroxylation sites is 1. The number of amides is 1. The number of anilines is 1. The summed E-state index contributed by atoms with van der Waals surface area (Å²) < 4.78 is 5.02. The summed E-state index contributed by atoms with van der Waals surface area (Å²) in [6.07, 6.45) is -0.0381. The van der Waals surface area contributed by atoms with Crippen LogP contribution in [0.3, 0.4) is 0 Å². The molecule has 1 heterocycles. The Morgan fingerprint density at radius 3 is 2.68 bits per heavy atom. The maximum Gasteiger partial charge on any atom is 0.311 e. The Bertz CT molecular complexity index is 795. The van der Waals surface area contributed by atoms with Gasteiger partial charge in [0.2, 0.25) is 0 Å². The highest BCUT2D eigenvalue weighted by Crippen LogP contribution is 2.18. The first-order valence-corrected chi connectivity index (χ1v) is 7.59. The number of nitrogens with one attached hydrogen (secondary N) is 1. The van der Waals surface area contributed by atoms with Crippen molar-refractivity contribution in [3.63, 3.8) is 0 Å². The Morgan fingerprint density at radius 1 is 1.32 bits per heavy atom. The molecule has 1 amide bonds. The number of halogens is 1. The lowest BCUT2D eigenvalue weighted by Crippen LogP contribution is -2.30. The van der Waals surface area contributed by atoms with Gasteiger partial charge in [0.1, 0.15) is 5.82 Å². The van der Waals surface area contributed by atoms with Gasteiger partial charge in [-0.2, -0.15) is 0 Å². The molecule has 1 atom stereocenters. The van der Waals surface area contributed by atoms with Gasteiger partial charge >= 0.3 is 5.97 Å². The van der Waals surface area contributed by atoms with Gasteiger partial charge in [-0.1, -0.05) is 29.8 Å². The summed E-state index contributed by atoms with van der Waals surface area (Å²) in [5.41, 5.74) is 0.0337. The van der Waals surface area contributed by atoms with Crippen LogP contribution in [0.1, 0.15) is 12.5 Å². The fourth-order valence-electron chi connectivity index (χ4n) is 1.96. The molecule has 0 bridgehead atoms. The average molecular weight is 364 g/mol. The van der Waals surface area contributed by atoms with Gasteiger partial charge in [-0.15, -0.1) is 0 Å². The van der Waals surface area contributed by atoms with Crippen molar-refractivity contribution < 1.29 is 19.2 Å². The van der Waals surface area contributed by atoms with E-state index < -0.39 is 22.9 Å². The number of pyridine rings is 1. The van der Waals surface area contributed by atoms with Crippen LogP contribution >= 0.6 is 11.6 Å². The molecule has 0 radical (unpaired) electrons. The first-order chi connectivity index (χ1) is 11.9. The summed E-state index contributed by atoms with van der Waals surface area (Å²) in [6, 6.07) is 8.89. The number of nitro benzene ring substituents is 1. The van der Waals surface area contributed by atoms with Crippen LogP contribution in [-0.2, 0) is 20.7 Å². The standard InChI is InChI=1S/C16H14ClN3O5/c1-10(16(22)19-14-7-6-12(17)9-18-14)25-15(21)8-11-4-2-3-5-13(11)20(23)24/h2-7,9-10H,8H2,1H3,(H,18,19,22)/t10-/m0/s1. The lowest BCUT2D eigenvalue weighted by molar-refractivity contribution is -0.385. The van der Waals surface area contributed by atoms with Gasteiger partial charge in [0, 0.05) is 17.8 Å². The third-order valence-electron chi connectivity index (χ3n) is 3.18. The van der Waals surface area contributed by atoms with Crippen molar-refractivity contribution in [3.05, 3.63) is 63.3 Å². The van der Waals surface area contributed by atoms with E-state index in [9.17, 15) is 19.7 Å². The molecule has 0 unspecified atom stereocenters. The lowest BCUT2D eigenvalue weighted by Gasteiger charge is -2.13. The monoisotopic (exact) mass is 363 g/mol. The number of aromatic nitrogens is 1. The number of carbonyl (C=O) groups is 2. The van der Waals surface area contributed by atoms with E-state index in [0.717, 1.165) is 0 Å². The number of rotatable bonds is 6. The zero-order chi connectivity index (χ0) is 18.4. The van der Waals surface area contributed by atoms with Crippen molar-refractivity contribution in [1.82, 2.24) is 4.98 Å². The van der Waals surface area contributed by atoms with Crippen LogP contribution in [-0.4, -0.2) is 27.9 Å². The maximum absolute atomic E-state index is 12.0. The number of nitro groups is 1. The number of hydrogen-bond acceptors (Lipinski definition) is 6. The number of benzene rings is 1. The second kappa shape index (κ2) is 8.20. The minimum atomic E-state index is -1.09. The summed E-state index contributed by atoms with van der Waals surface area (Å²) in [4.78, 5) is 38.2. The number of ether oxygens (including phenoxy) is 1. The Kier molecular flexibility index (Phi) is 6.02. The van der Waals surface area contributed by atoms with Crippen LogP contribution < -0.4 is 5.32 Å². The topological polar surface area (TPSA) is 111 Å². The van der Waals surface area contributed by atoms with Gasteiger partial charge < -0.3 is 10.1 Å². The van der Waals surface area contributed by atoms with Crippen LogP contribution in [0.4, 0.5) is 11.5 Å². The van der Waals surface area contributed by atoms with Gasteiger partial charge in [-0.25, -0.2) is 4.98 Å². The molecule has 0 saturated carbocycles. The van der Waals surface area contributed by atoms with Crippen molar-refractivity contribution in [1.29, 1.82) is 0 Å². The molecule has 2 rings (SSSR count). The molecule has 8 nitrogen and oxygen atoms in total. The van der Waals surface area contributed by atoms with E-state index in [0.29, 0.717) is 5.02 Å². The molecule has 2 aromatic rings. The highest BCUT2D eigenvalue weighted by Gasteiger charge is 2.21. The molecule has 0 fully saturated rings. The second-order valence-electron chi connectivity index (χ2n) is 5.05. The van der Waals surface area contributed by atoms with Crippen molar-refractivity contribution in [2.45, 2.75) is 19.4 Å². The third kappa shape index (κ3) is 5.25. The Hall–Kier alpha value is -3.00. The van der Waals surface area contributed by atoms with Crippen molar-refractivity contribution in [3.8, 4) is 0 Å². The first kappa shape index (κ1) is 18.3. The fraction of sp³-hybridized carbons (Fsp3) is 0.188. The number of nitrogens with zero attached hydrogens (tertiary/aromatic N) is 2. The van der Waals surface area contributed by atoms with Gasteiger partial charge in [0.25, 0.3) is 11.6 Å². The van der Waals surface area contributed by atoms with Crippen molar-refractivity contribution in [2.24, 2.45) is 0 Å². The maximum atomic E-state index is 12.0. The first-order valence-electron chi connectivity index (χ1n) is 7.21. The molecule has 0 spiro atoms. The zero-order valence-corrected chi connectivity index (χ0v) is 13.9. The molecule has 0 aliphatic rings. The molecular formula is C16H14ClN3O5. The Labute approximate surface area is 147 Å². The second-order valence-corrected chi connectivity index (χ2v) is 5.48. The number of hydrogen-bond donors (Lipinski definition) is 1.